The van der Waals surface area contributed by atoms with Gasteiger partial charge in [0.15, 0.2) is 6.10 Å². The van der Waals surface area contributed by atoms with Crippen molar-refractivity contribution < 1.29 is 14.0 Å². The highest BCUT2D eigenvalue weighted by atomic mass is 16.5. The number of hydrogen-bond donors (Lipinski definition) is 0. The quantitative estimate of drug-likeness (QED) is 0.110. The summed E-state index contributed by atoms with van der Waals surface area (Å²) in [5.41, 5.74) is 0. The number of likely N-dealkylation sites (N-methyl/N-ethyl adjacent to an activating group) is 1. The zero-order valence-electron chi connectivity index (χ0n) is 20.8. The minimum absolute atomic E-state index is 0.0151. The van der Waals surface area contributed by atoms with Crippen molar-refractivity contribution >= 4 is 5.97 Å². The lowest BCUT2D eigenvalue weighted by atomic mass is 10.0. The Labute approximate surface area is 183 Å². The summed E-state index contributed by atoms with van der Waals surface area (Å²) in [6, 6.07) is 0. The van der Waals surface area contributed by atoms with E-state index in [1.807, 2.05) is 0 Å². The molecule has 3 nitrogen and oxygen atoms in total. The second kappa shape index (κ2) is 19.4. The highest BCUT2D eigenvalue weighted by Gasteiger charge is 2.27. The van der Waals surface area contributed by atoms with Gasteiger partial charge in [0.1, 0.15) is 6.54 Å². The van der Waals surface area contributed by atoms with Gasteiger partial charge in [-0.25, -0.2) is 0 Å². The summed E-state index contributed by atoms with van der Waals surface area (Å²) >= 11 is 0. The van der Waals surface area contributed by atoms with Crippen molar-refractivity contribution in [3.05, 3.63) is 0 Å². The first kappa shape index (κ1) is 28.4. The molecule has 0 radical (unpaired) electrons. The SMILES string of the molecule is CCCCCCCCCCCCCCCC(=O)OC(CC)C[N+](CC)(CC)CC. The fourth-order valence-electron chi connectivity index (χ4n) is 4.27. The predicted molar refractivity (Wildman–Crippen MR) is 127 cm³/mol. The van der Waals surface area contributed by atoms with Gasteiger partial charge in [-0.2, -0.15) is 0 Å². The Morgan fingerprint density at radius 2 is 1.07 bits per heavy atom. The highest BCUT2D eigenvalue weighted by Crippen LogP contribution is 2.15. The molecule has 0 N–H and O–H groups in total. The van der Waals surface area contributed by atoms with Crippen LogP contribution in [-0.2, 0) is 9.53 Å². The second-order valence-electron chi connectivity index (χ2n) is 8.99. The van der Waals surface area contributed by atoms with Gasteiger partial charge in [0.25, 0.3) is 0 Å². The van der Waals surface area contributed by atoms with Crippen LogP contribution >= 0.6 is 0 Å². The van der Waals surface area contributed by atoms with Crippen molar-refractivity contribution in [2.24, 2.45) is 0 Å². The third-order valence-corrected chi connectivity index (χ3v) is 6.84. The van der Waals surface area contributed by atoms with Gasteiger partial charge in [0.2, 0.25) is 0 Å². The molecule has 1 atom stereocenters. The molecule has 0 aromatic rings. The molecule has 0 fully saturated rings. The van der Waals surface area contributed by atoms with Crippen LogP contribution in [0.25, 0.3) is 0 Å². The van der Waals surface area contributed by atoms with Crippen LogP contribution in [0.4, 0.5) is 0 Å². The molecule has 1 unspecified atom stereocenters. The Morgan fingerprint density at radius 1 is 0.655 bits per heavy atom. The first-order chi connectivity index (χ1) is 14.1. The largest absolute Gasteiger partial charge is 0.456 e. The van der Waals surface area contributed by atoms with E-state index in [1.54, 1.807) is 0 Å². The number of unbranched alkanes of at least 4 members (excludes halogenated alkanes) is 12. The molecule has 0 aliphatic carbocycles. The maximum Gasteiger partial charge on any atom is 0.306 e. The lowest BCUT2D eigenvalue weighted by Gasteiger charge is -2.38. The molecule has 3 heteroatoms. The average Bonchev–Trinajstić information content (AvgIpc) is 2.74. The maximum absolute atomic E-state index is 12.2. The van der Waals surface area contributed by atoms with Crippen molar-refractivity contribution in [2.75, 3.05) is 26.2 Å². The predicted octanol–water partition coefficient (Wildman–Crippen LogP) is 7.67. The number of nitrogens with zero attached hydrogens (tertiary/aromatic N) is 1. The van der Waals surface area contributed by atoms with Crippen LogP contribution in [-0.4, -0.2) is 42.7 Å². The van der Waals surface area contributed by atoms with E-state index in [9.17, 15) is 4.79 Å². The molecular formula is C26H54NO2+. The van der Waals surface area contributed by atoms with Crippen LogP contribution in [0.2, 0.25) is 0 Å². The molecule has 0 amide bonds. The van der Waals surface area contributed by atoms with Crippen LogP contribution in [0.1, 0.15) is 131 Å². The van der Waals surface area contributed by atoms with E-state index >= 15 is 0 Å². The summed E-state index contributed by atoms with van der Waals surface area (Å²) < 4.78 is 6.86. The fraction of sp³-hybridized carbons (Fsp3) is 0.962. The number of quaternary nitrogens is 1. The zero-order chi connectivity index (χ0) is 21.8. The number of rotatable bonds is 21. The third-order valence-electron chi connectivity index (χ3n) is 6.84. The Morgan fingerprint density at radius 3 is 1.45 bits per heavy atom. The Hall–Kier alpha value is -0.570. The molecular weight excluding hydrogens is 358 g/mol. The van der Waals surface area contributed by atoms with Crippen LogP contribution in [0, 0.1) is 0 Å². The Kier molecular flexibility index (Phi) is 19.0. The van der Waals surface area contributed by atoms with E-state index in [-0.39, 0.29) is 12.1 Å². The van der Waals surface area contributed by atoms with E-state index < -0.39 is 0 Å². The van der Waals surface area contributed by atoms with Gasteiger partial charge in [0.05, 0.1) is 19.6 Å². The lowest BCUT2D eigenvalue weighted by Crippen LogP contribution is -2.52. The topological polar surface area (TPSA) is 26.3 Å². The second-order valence-corrected chi connectivity index (χ2v) is 8.99. The molecule has 0 spiro atoms. The van der Waals surface area contributed by atoms with Crippen molar-refractivity contribution in [1.82, 2.24) is 0 Å². The van der Waals surface area contributed by atoms with Crippen molar-refractivity contribution in [3.8, 4) is 0 Å². The zero-order valence-corrected chi connectivity index (χ0v) is 20.8. The molecule has 0 aliphatic heterocycles. The van der Waals surface area contributed by atoms with E-state index in [4.69, 9.17) is 4.74 Å². The molecule has 0 bridgehead atoms. The summed E-state index contributed by atoms with van der Waals surface area (Å²) in [6.45, 7) is 15.4. The minimum atomic E-state index is 0.0151. The van der Waals surface area contributed by atoms with Gasteiger partial charge < -0.3 is 9.22 Å². The number of carbonyl (C=O) groups is 1. The first-order valence-corrected chi connectivity index (χ1v) is 13.1. The first-order valence-electron chi connectivity index (χ1n) is 13.1. The standard InChI is InChI=1S/C26H54NO2/c1-6-11-12-13-14-15-16-17-18-19-20-21-22-23-26(28)29-25(7-2)24-27(8-3,9-4)10-5/h25H,6-24H2,1-5H3/q+1. The molecule has 0 aromatic heterocycles. The molecule has 0 saturated carbocycles. The van der Waals surface area contributed by atoms with E-state index in [2.05, 4.69) is 34.6 Å². The molecule has 0 aromatic carbocycles. The van der Waals surface area contributed by atoms with E-state index in [0.29, 0.717) is 6.42 Å². The smallest absolute Gasteiger partial charge is 0.306 e. The lowest BCUT2D eigenvalue weighted by molar-refractivity contribution is -0.925. The Balaban J connectivity index is 3.68. The normalized spacial score (nSPS) is 12.9. The fourth-order valence-corrected chi connectivity index (χ4v) is 4.27. The third kappa shape index (κ3) is 15.0. The van der Waals surface area contributed by atoms with Crippen LogP contribution in [0.15, 0.2) is 0 Å². The summed E-state index contributed by atoms with van der Waals surface area (Å²) in [5.74, 6) is 0.0151. The number of carbonyl (C=O) groups excluding carboxylic acids is 1. The number of ether oxygens (including phenoxy) is 1. The van der Waals surface area contributed by atoms with Gasteiger partial charge in [0, 0.05) is 6.42 Å². The highest BCUT2D eigenvalue weighted by molar-refractivity contribution is 5.69. The molecule has 0 saturated heterocycles. The van der Waals surface area contributed by atoms with Crippen LogP contribution < -0.4 is 0 Å². The van der Waals surface area contributed by atoms with E-state index in [1.165, 1.54) is 77.0 Å². The van der Waals surface area contributed by atoms with Gasteiger partial charge in [-0.1, -0.05) is 90.9 Å². The summed E-state index contributed by atoms with van der Waals surface area (Å²) in [4.78, 5) is 12.2. The summed E-state index contributed by atoms with van der Waals surface area (Å²) in [5, 5.41) is 0. The maximum atomic E-state index is 12.2. The molecule has 0 rings (SSSR count). The molecule has 0 heterocycles. The monoisotopic (exact) mass is 412 g/mol. The number of hydrogen-bond acceptors (Lipinski definition) is 2. The van der Waals surface area contributed by atoms with E-state index in [0.717, 1.165) is 43.5 Å². The molecule has 174 valence electrons. The van der Waals surface area contributed by atoms with Crippen molar-refractivity contribution in [2.45, 2.75) is 137 Å². The minimum Gasteiger partial charge on any atom is -0.456 e. The van der Waals surface area contributed by atoms with Crippen molar-refractivity contribution in [3.63, 3.8) is 0 Å². The van der Waals surface area contributed by atoms with Gasteiger partial charge in [-0.05, 0) is 33.6 Å². The van der Waals surface area contributed by atoms with Gasteiger partial charge >= 0.3 is 5.97 Å². The Bertz CT molecular complexity index is 357. The van der Waals surface area contributed by atoms with Gasteiger partial charge in [-0.15, -0.1) is 0 Å². The molecule has 0 aliphatic rings. The van der Waals surface area contributed by atoms with Gasteiger partial charge in [-0.3, -0.25) is 4.79 Å². The van der Waals surface area contributed by atoms with Crippen molar-refractivity contribution in [1.29, 1.82) is 0 Å². The van der Waals surface area contributed by atoms with Crippen LogP contribution in [0.3, 0.4) is 0 Å². The molecule has 29 heavy (non-hydrogen) atoms. The summed E-state index contributed by atoms with van der Waals surface area (Å²) in [7, 11) is 0. The average molecular weight is 413 g/mol. The summed E-state index contributed by atoms with van der Waals surface area (Å²) in [6.07, 6.45) is 18.9. The van der Waals surface area contributed by atoms with Crippen LogP contribution in [0.5, 0.6) is 0 Å². The number of esters is 1.